The molecular formula is C22H20F2N6O3S2. The molecule has 0 atom stereocenters. The van der Waals surface area contributed by atoms with Crippen LogP contribution in [0.25, 0.3) is 21.7 Å². The van der Waals surface area contributed by atoms with E-state index in [1.54, 1.807) is 12.1 Å². The van der Waals surface area contributed by atoms with E-state index in [9.17, 15) is 22.0 Å². The number of pyridine rings is 1. The largest absolute Gasteiger partial charge is 0.352 e. The first-order valence-electron chi connectivity index (χ1n) is 10.6. The number of rotatable bonds is 7. The van der Waals surface area contributed by atoms with Crippen LogP contribution in [0.5, 0.6) is 0 Å². The van der Waals surface area contributed by atoms with Crippen LogP contribution in [0.3, 0.4) is 0 Å². The van der Waals surface area contributed by atoms with E-state index in [0.717, 1.165) is 24.8 Å². The van der Waals surface area contributed by atoms with Gasteiger partial charge in [-0.15, -0.1) is 11.3 Å². The topological polar surface area (TPSA) is 130 Å². The van der Waals surface area contributed by atoms with Crippen molar-refractivity contribution in [2.45, 2.75) is 31.1 Å². The molecule has 4 aromatic rings. The summed E-state index contributed by atoms with van der Waals surface area (Å²) >= 11 is 1.39. The number of halogens is 2. The molecule has 0 unspecified atom stereocenters. The lowest BCUT2D eigenvalue weighted by Crippen LogP contribution is -2.14. The molecule has 5 rings (SSSR count). The van der Waals surface area contributed by atoms with Crippen molar-refractivity contribution in [3.05, 3.63) is 41.2 Å². The number of carbonyl (C=O) groups excluding carboxylic acids is 1. The summed E-state index contributed by atoms with van der Waals surface area (Å²) in [5.41, 5.74) is 2.01. The molecule has 1 fully saturated rings. The Kier molecular flexibility index (Phi) is 5.75. The fourth-order valence-corrected chi connectivity index (χ4v) is 5.20. The number of amides is 1. The first-order chi connectivity index (χ1) is 16.6. The van der Waals surface area contributed by atoms with Crippen LogP contribution in [0.1, 0.15) is 30.8 Å². The molecule has 3 N–H and O–H groups in total. The van der Waals surface area contributed by atoms with E-state index < -0.39 is 22.1 Å². The van der Waals surface area contributed by atoms with Crippen molar-refractivity contribution in [2.24, 2.45) is 5.92 Å². The summed E-state index contributed by atoms with van der Waals surface area (Å²) in [6, 6.07) is 6.26. The van der Waals surface area contributed by atoms with Gasteiger partial charge in [-0.05, 0) is 38.0 Å². The van der Waals surface area contributed by atoms with E-state index in [-0.39, 0.29) is 45.1 Å². The molecule has 3 aromatic heterocycles. The third-order valence-electron chi connectivity index (χ3n) is 5.39. The number of fused-ring (bicyclic) bond motifs is 1. The number of nitrogens with one attached hydrogen (secondary N) is 3. The quantitative estimate of drug-likeness (QED) is 0.320. The van der Waals surface area contributed by atoms with Gasteiger partial charge < -0.3 is 15.6 Å². The second-order valence-electron chi connectivity index (χ2n) is 8.34. The maximum Gasteiger partial charge on any atom is 0.295 e. The van der Waals surface area contributed by atoms with Gasteiger partial charge in [-0.25, -0.2) is 32.2 Å². The van der Waals surface area contributed by atoms with Gasteiger partial charge in [0.15, 0.2) is 21.3 Å². The Morgan fingerprint density at radius 1 is 1.17 bits per heavy atom. The Bertz CT molecular complexity index is 1560. The number of hydrogen-bond acceptors (Lipinski definition) is 8. The van der Waals surface area contributed by atoms with Gasteiger partial charge in [0, 0.05) is 34.9 Å². The van der Waals surface area contributed by atoms with E-state index in [1.165, 1.54) is 23.5 Å². The van der Waals surface area contributed by atoms with Crippen LogP contribution in [0.2, 0.25) is 0 Å². The Morgan fingerprint density at radius 3 is 2.57 bits per heavy atom. The Morgan fingerprint density at radius 2 is 1.94 bits per heavy atom. The molecule has 1 aromatic carbocycles. The van der Waals surface area contributed by atoms with Gasteiger partial charge in [-0.3, -0.25) is 4.79 Å². The summed E-state index contributed by atoms with van der Waals surface area (Å²) in [7, 11) is -3.69. The Labute approximate surface area is 203 Å². The second-order valence-corrected chi connectivity index (χ2v) is 11.2. The maximum absolute atomic E-state index is 13.3. The van der Waals surface area contributed by atoms with Crippen molar-refractivity contribution >= 4 is 55.4 Å². The van der Waals surface area contributed by atoms with Gasteiger partial charge in [-0.2, -0.15) is 0 Å². The number of H-pyrrole nitrogens is 1. The molecule has 1 saturated carbocycles. The molecule has 1 amide bonds. The van der Waals surface area contributed by atoms with Crippen LogP contribution in [-0.2, 0) is 14.6 Å². The standard InChI is InChI=1S/C22H20F2N6O3S2/c1-10-9-34-22(25-10)12-5-6-13(15(7-12)35(2,32)33)26-14-8-16(28-21(31)11-3-4-11)27-19-17(14)29-20(30-19)18(23)24/h5-9,11,18H,3-4H2,1-2H3,(H3,26,27,28,29,30,31). The molecule has 0 radical (unpaired) electrons. The van der Waals surface area contributed by atoms with Crippen molar-refractivity contribution < 1.29 is 22.0 Å². The number of anilines is 3. The fraction of sp³-hybridized carbons (Fsp3) is 0.273. The summed E-state index contributed by atoms with van der Waals surface area (Å²) in [5, 5.41) is 8.23. The molecule has 1 aliphatic rings. The first-order valence-corrected chi connectivity index (χ1v) is 13.4. The van der Waals surface area contributed by atoms with Crippen LogP contribution < -0.4 is 10.6 Å². The predicted molar refractivity (Wildman–Crippen MR) is 129 cm³/mol. The third kappa shape index (κ3) is 4.86. The van der Waals surface area contributed by atoms with Crippen molar-refractivity contribution in [3.8, 4) is 10.6 Å². The minimum Gasteiger partial charge on any atom is -0.352 e. The van der Waals surface area contributed by atoms with Crippen molar-refractivity contribution in [2.75, 3.05) is 16.9 Å². The number of sulfone groups is 1. The Balaban J connectivity index is 1.59. The van der Waals surface area contributed by atoms with E-state index in [4.69, 9.17) is 0 Å². The SMILES string of the molecule is Cc1csc(-c2ccc(Nc3cc(NC(=O)C4CC4)nc4[nH]c(C(F)F)nc34)c(S(C)(=O)=O)c2)n1. The van der Waals surface area contributed by atoms with Gasteiger partial charge in [0.25, 0.3) is 6.43 Å². The van der Waals surface area contributed by atoms with E-state index in [1.807, 2.05) is 12.3 Å². The summed E-state index contributed by atoms with van der Waals surface area (Å²) in [6.45, 7) is 1.85. The number of thiazole rings is 1. The number of hydrogen-bond donors (Lipinski definition) is 3. The molecule has 13 heteroatoms. The van der Waals surface area contributed by atoms with Gasteiger partial charge in [0.1, 0.15) is 16.3 Å². The zero-order chi connectivity index (χ0) is 24.9. The first kappa shape index (κ1) is 23.3. The van der Waals surface area contributed by atoms with Crippen molar-refractivity contribution in [1.82, 2.24) is 19.9 Å². The highest BCUT2D eigenvalue weighted by Gasteiger charge is 2.30. The minimum atomic E-state index is -3.69. The lowest BCUT2D eigenvalue weighted by molar-refractivity contribution is -0.117. The highest BCUT2D eigenvalue weighted by molar-refractivity contribution is 7.90. The molecule has 0 saturated heterocycles. The highest BCUT2D eigenvalue weighted by Crippen LogP contribution is 2.35. The fourth-order valence-electron chi connectivity index (χ4n) is 3.54. The lowest BCUT2D eigenvalue weighted by Gasteiger charge is -2.14. The van der Waals surface area contributed by atoms with E-state index >= 15 is 0 Å². The number of alkyl halides is 2. The smallest absolute Gasteiger partial charge is 0.295 e. The summed E-state index contributed by atoms with van der Waals surface area (Å²) in [5.74, 6) is -0.756. The molecule has 0 bridgehead atoms. The summed E-state index contributed by atoms with van der Waals surface area (Å²) in [6.07, 6.45) is -0.227. The molecule has 0 aliphatic heterocycles. The highest BCUT2D eigenvalue weighted by atomic mass is 32.2. The van der Waals surface area contributed by atoms with E-state index in [0.29, 0.717) is 10.6 Å². The van der Waals surface area contributed by atoms with Crippen LogP contribution in [0, 0.1) is 12.8 Å². The number of aromatic amines is 1. The van der Waals surface area contributed by atoms with Crippen LogP contribution in [0.15, 0.2) is 34.5 Å². The third-order valence-corrected chi connectivity index (χ3v) is 7.54. The minimum absolute atomic E-state index is 0.000926. The van der Waals surface area contributed by atoms with Gasteiger partial charge in [-0.1, -0.05) is 0 Å². The summed E-state index contributed by atoms with van der Waals surface area (Å²) in [4.78, 5) is 27.3. The molecule has 1 aliphatic carbocycles. The molecule has 0 spiro atoms. The summed E-state index contributed by atoms with van der Waals surface area (Å²) < 4.78 is 51.9. The van der Waals surface area contributed by atoms with Crippen LogP contribution in [-0.4, -0.2) is 40.5 Å². The van der Waals surface area contributed by atoms with Gasteiger partial charge in [0.05, 0.1) is 16.3 Å². The van der Waals surface area contributed by atoms with Crippen LogP contribution >= 0.6 is 11.3 Å². The molecule has 9 nitrogen and oxygen atoms in total. The predicted octanol–water partition coefficient (Wildman–Crippen LogP) is 4.82. The maximum atomic E-state index is 13.3. The Hall–Kier alpha value is -3.45. The average molecular weight is 519 g/mol. The van der Waals surface area contributed by atoms with Gasteiger partial charge in [0.2, 0.25) is 5.91 Å². The molecular weight excluding hydrogens is 498 g/mol. The number of nitrogens with zero attached hydrogens (tertiary/aromatic N) is 3. The average Bonchev–Trinajstić information content (AvgIpc) is 3.41. The number of aryl methyl sites for hydroxylation is 1. The zero-order valence-corrected chi connectivity index (χ0v) is 20.2. The van der Waals surface area contributed by atoms with Crippen molar-refractivity contribution in [3.63, 3.8) is 0 Å². The number of carbonyl (C=O) groups is 1. The van der Waals surface area contributed by atoms with Crippen molar-refractivity contribution in [1.29, 1.82) is 0 Å². The molecule has 35 heavy (non-hydrogen) atoms. The lowest BCUT2D eigenvalue weighted by atomic mass is 10.2. The number of aromatic nitrogens is 4. The zero-order valence-electron chi connectivity index (χ0n) is 18.6. The van der Waals surface area contributed by atoms with Gasteiger partial charge >= 0.3 is 0 Å². The monoisotopic (exact) mass is 518 g/mol. The normalized spacial score (nSPS) is 14.0. The van der Waals surface area contributed by atoms with Crippen LogP contribution in [0.4, 0.5) is 26.0 Å². The molecule has 182 valence electrons. The number of benzene rings is 1. The number of imidazole rings is 1. The molecule has 3 heterocycles. The second kappa shape index (κ2) is 8.64. The van der Waals surface area contributed by atoms with E-state index in [2.05, 4.69) is 30.6 Å².